The van der Waals surface area contributed by atoms with Crippen molar-refractivity contribution in [2.24, 2.45) is 0 Å². The van der Waals surface area contributed by atoms with Gasteiger partial charge in [0, 0.05) is 17.3 Å². The van der Waals surface area contributed by atoms with E-state index >= 15 is 0 Å². The van der Waals surface area contributed by atoms with Crippen molar-refractivity contribution in [3.63, 3.8) is 0 Å². The van der Waals surface area contributed by atoms with Crippen molar-refractivity contribution in [1.82, 2.24) is 9.78 Å². The lowest BCUT2D eigenvalue weighted by Gasteiger charge is -2.11. The third-order valence-corrected chi connectivity index (χ3v) is 3.56. The zero-order chi connectivity index (χ0) is 14.1. The summed E-state index contributed by atoms with van der Waals surface area (Å²) in [5.74, 6) is -0.969. The van der Waals surface area contributed by atoms with Crippen LogP contribution in [-0.2, 0) is 13.0 Å². The molecule has 0 saturated carbocycles. The summed E-state index contributed by atoms with van der Waals surface area (Å²) < 4.78 is 15.5. The molecule has 0 atom stereocenters. The van der Waals surface area contributed by atoms with Gasteiger partial charge in [0.15, 0.2) is 5.69 Å². The van der Waals surface area contributed by atoms with E-state index in [1.807, 2.05) is 4.68 Å². The standard InChI is InChI=1S/C14H13ClFN3O/c15-9-4-5-12(11(16)7-9)17-14(20)13-8-10-3-1-2-6-19(10)18-13/h4-5,7-8H,1-3,6H2,(H,17,20). The third kappa shape index (κ3) is 2.54. The number of nitrogens with zero attached hydrogens (tertiary/aromatic N) is 2. The van der Waals surface area contributed by atoms with Crippen molar-refractivity contribution in [2.75, 3.05) is 5.32 Å². The normalized spacial score (nSPS) is 13.9. The van der Waals surface area contributed by atoms with Gasteiger partial charge in [-0.05, 0) is 43.5 Å². The minimum Gasteiger partial charge on any atom is -0.318 e. The zero-order valence-electron chi connectivity index (χ0n) is 10.7. The Morgan fingerprint density at radius 2 is 2.20 bits per heavy atom. The highest BCUT2D eigenvalue weighted by Gasteiger charge is 2.17. The van der Waals surface area contributed by atoms with Gasteiger partial charge in [-0.1, -0.05) is 11.6 Å². The molecule has 2 heterocycles. The van der Waals surface area contributed by atoms with Crippen LogP contribution in [0.4, 0.5) is 10.1 Å². The highest BCUT2D eigenvalue weighted by atomic mass is 35.5. The van der Waals surface area contributed by atoms with Crippen molar-refractivity contribution < 1.29 is 9.18 Å². The topological polar surface area (TPSA) is 46.9 Å². The fourth-order valence-electron chi connectivity index (χ4n) is 2.31. The smallest absolute Gasteiger partial charge is 0.276 e. The molecule has 0 saturated heterocycles. The first kappa shape index (κ1) is 13.1. The molecule has 1 aromatic heterocycles. The van der Waals surface area contributed by atoms with Crippen molar-refractivity contribution in [2.45, 2.75) is 25.8 Å². The van der Waals surface area contributed by atoms with Crippen molar-refractivity contribution in [3.8, 4) is 0 Å². The van der Waals surface area contributed by atoms with Crippen LogP contribution in [0.3, 0.4) is 0 Å². The van der Waals surface area contributed by atoms with Crippen molar-refractivity contribution >= 4 is 23.2 Å². The van der Waals surface area contributed by atoms with E-state index in [1.54, 1.807) is 6.07 Å². The van der Waals surface area contributed by atoms with Gasteiger partial charge in [0.1, 0.15) is 5.82 Å². The SMILES string of the molecule is O=C(Nc1ccc(Cl)cc1F)c1cc2n(n1)CCCC2. The van der Waals surface area contributed by atoms with E-state index in [0.29, 0.717) is 5.69 Å². The Hall–Kier alpha value is -1.88. The second-order valence-electron chi connectivity index (χ2n) is 4.78. The lowest BCUT2D eigenvalue weighted by molar-refractivity contribution is 0.102. The molecule has 1 N–H and O–H groups in total. The lowest BCUT2D eigenvalue weighted by atomic mass is 10.1. The van der Waals surface area contributed by atoms with Gasteiger partial charge in [-0.2, -0.15) is 5.10 Å². The van der Waals surface area contributed by atoms with Crippen molar-refractivity contribution in [3.05, 3.63) is 46.5 Å². The number of carbonyl (C=O) groups excluding carboxylic acids is 1. The highest BCUT2D eigenvalue weighted by Crippen LogP contribution is 2.20. The first-order valence-corrected chi connectivity index (χ1v) is 6.84. The molecule has 3 rings (SSSR count). The predicted octanol–water partition coefficient (Wildman–Crippen LogP) is 3.26. The fraction of sp³-hybridized carbons (Fsp3) is 0.286. The molecule has 1 aliphatic rings. The summed E-state index contributed by atoms with van der Waals surface area (Å²) in [6.45, 7) is 0.831. The molecule has 1 aromatic carbocycles. The summed E-state index contributed by atoms with van der Waals surface area (Å²) in [4.78, 5) is 12.1. The van der Waals surface area contributed by atoms with E-state index in [4.69, 9.17) is 11.6 Å². The predicted molar refractivity (Wildman–Crippen MR) is 74.5 cm³/mol. The molecule has 6 heteroatoms. The number of benzene rings is 1. The minimum absolute atomic E-state index is 0.102. The fourth-order valence-corrected chi connectivity index (χ4v) is 2.46. The number of halogens is 2. The molecule has 0 radical (unpaired) electrons. The van der Waals surface area contributed by atoms with Gasteiger partial charge >= 0.3 is 0 Å². The summed E-state index contributed by atoms with van der Waals surface area (Å²) in [5.41, 5.74) is 1.47. The monoisotopic (exact) mass is 293 g/mol. The minimum atomic E-state index is -0.560. The maximum absolute atomic E-state index is 13.6. The molecule has 0 aliphatic carbocycles. The third-order valence-electron chi connectivity index (χ3n) is 3.33. The number of fused-ring (bicyclic) bond motifs is 1. The Bertz CT molecular complexity index is 645. The largest absolute Gasteiger partial charge is 0.318 e. The van der Waals surface area contributed by atoms with Gasteiger partial charge < -0.3 is 5.32 Å². The molecule has 20 heavy (non-hydrogen) atoms. The van der Waals surface area contributed by atoms with E-state index in [2.05, 4.69) is 10.4 Å². The van der Waals surface area contributed by atoms with E-state index in [9.17, 15) is 9.18 Å². The van der Waals surface area contributed by atoms with Crippen LogP contribution in [-0.4, -0.2) is 15.7 Å². The van der Waals surface area contributed by atoms with Crippen LogP contribution in [0.2, 0.25) is 5.02 Å². The highest BCUT2D eigenvalue weighted by molar-refractivity contribution is 6.30. The molecule has 0 bridgehead atoms. The molecule has 0 unspecified atom stereocenters. The summed E-state index contributed by atoms with van der Waals surface area (Å²) in [7, 11) is 0. The average Bonchev–Trinajstić information content (AvgIpc) is 2.86. The molecule has 104 valence electrons. The Labute approximate surface area is 120 Å². The zero-order valence-corrected chi connectivity index (χ0v) is 11.5. The number of aryl methyl sites for hydroxylation is 2. The summed E-state index contributed by atoms with van der Waals surface area (Å²) in [5, 5.41) is 7.05. The van der Waals surface area contributed by atoms with Crippen LogP contribution < -0.4 is 5.32 Å². The number of carbonyl (C=O) groups is 1. The number of hydrogen-bond acceptors (Lipinski definition) is 2. The summed E-state index contributed by atoms with van der Waals surface area (Å²) >= 11 is 5.67. The lowest BCUT2D eigenvalue weighted by Crippen LogP contribution is -2.15. The van der Waals surface area contributed by atoms with Crippen molar-refractivity contribution in [1.29, 1.82) is 0 Å². The van der Waals surface area contributed by atoms with Crippen LogP contribution >= 0.6 is 11.6 Å². The summed E-state index contributed by atoms with van der Waals surface area (Å²) in [6.07, 6.45) is 3.11. The molecular weight excluding hydrogens is 281 g/mol. The van der Waals surface area contributed by atoms with Crippen LogP contribution in [0, 0.1) is 5.82 Å². The van der Waals surface area contributed by atoms with E-state index in [0.717, 1.165) is 37.6 Å². The van der Waals surface area contributed by atoms with E-state index in [1.165, 1.54) is 12.1 Å². The first-order chi connectivity index (χ1) is 9.63. The second kappa shape index (κ2) is 5.25. The number of anilines is 1. The maximum Gasteiger partial charge on any atom is 0.276 e. The molecule has 1 aliphatic heterocycles. The van der Waals surface area contributed by atoms with E-state index in [-0.39, 0.29) is 10.7 Å². The Kier molecular flexibility index (Phi) is 3.44. The summed E-state index contributed by atoms with van der Waals surface area (Å²) in [6, 6.07) is 5.89. The van der Waals surface area contributed by atoms with Crippen LogP contribution in [0.5, 0.6) is 0 Å². The second-order valence-corrected chi connectivity index (χ2v) is 5.22. The maximum atomic E-state index is 13.6. The van der Waals surface area contributed by atoms with E-state index < -0.39 is 11.7 Å². The van der Waals surface area contributed by atoms with Crippen LogP contribution in [0.15, 0.2) is 24.3 Å². The Morgan fingerprint density at radius 1 is 1.35 bits per heavy atom. The molecular formula is C14H13ClFN3O. The number of amides is 1. The molecule has 0 fully saturated rings. The van der Waals surface area contributed by atoms with Gasteiger partial charge in [-0.3, -0.25) is 9.48 Å². The number of hydrogen-bond donors (Lipinski definition) is 1. The number of rotatable bonds is 2. The van der Waals surface area contributed by atoms with Gasteiger partial charge in [0.05, 0.1) is 5.69 Å². The average molecular weight is 294 g/mol. The Morgan fingerprint density at radius 3 is 2.95 bits per heavy atom. The molecule has 4 nitrogen and oxygen atoms in total. The van der Waals surface area contributed by atoms with Gasteiger partial charge in [-0.15, -0.1) is 0 Å². The van der Waals surface area contributed by atoms with Gasteiger partial charge in [-0.25, -0.2) is 4.39 Å². The molecule has 2 aromatic rings. The number of nitrogens with one attached hydrogen (secondary N) is 1. The van der Waals surface area contributed by atoms with Crippen LogP contribution in [0.25, 0.3) is 0 Å². The molecule has 0 spiro atoms. The van der Waals surface area contributed by atoms with Gasteiger partial charge in [0.2, 0.25) is 0 Å². The first-order valence-electron chi connectivity index (χ1n) is 6.46. The Balaban J connectivity index is 1.80. The quantitative estimate of drug-likeness (QED) is 0.924. The number of aromatic nitrogens is 2. The molecule has 1 amide bonds. The van der Waals surface area contributed by atoms with Gasteiger partial charge in [0.25, 0.3) is 5.91 Å². The van der Waals surface area contributed by atoms with Crippen LogP contribution in [0.1, 0.15) is 29.0 Å².